The molecule has 3 rings (SSSR count). The summed E-state index contributed by atoms with van der Waals surface area (Å²) in [5, 5.41) is 16.4. The molecule has 0 saturated carbocycles. The first-order valence-electron chi connectivity index (χ1n) is 6.87. The van der Waals surface area contributed by atoms with Crippen molar-refractivity contribution >= 4 is 17.4 Å². The number of urea groups is 1. The van der Waals surface area contributed by atoms with Crippen molar-refractivity contribution < 1.29 is 14.6 Å². The predicted molar refractivity (Wildman–Crippen MR) is 77.2 cm³/mol. The second-order valence-corrected chi connectivity index (χ2v) is 5.11. The van der Waals surface area contributed by atoms with Gasteiger partial charge < -0.3 is 14.7 Å². The van der Waals surface area contributed by atoms with Crippen LogP contribution in [0.15, 0.2) is 30.5 Å². The quantitative estimate of drug-likeness (QED) is 0.882. The number of fused-ring (bicyclic) bond motifs is 1. The summed E-state index contributed by atoms with van der Waals surface area (Å²) in [4.78, 5) is 13.9. The number of nitrogens with zero attached hydrogens (tertiary/aromatic N) is 3. The Morgan fingerprint density at radius 2 is 2.43 bits per heavy atom. The van der Waals surface area contributed by atoms with Crippen molar-refractivity contribution in [3.63, 3.8) is 0 Å². The first kappa shape index (κ1) is 13.8. The number of rotatable bonds is 3. The fourth-order valence-electron chi connectivity index (χ4n) is 2.65. The molecule has 2 N–H and O–H groups in total. The van der Waals surface area contributed by atoms with E-state index >= 15 is 0 Å². The van der Waals surface area contributed by atoms with E-state index in [4.69, 9.17) is 4.74 Å². The van der Waals surface area contributed by atoms with Crippen LogP contribution in [0, 0.1) is 0 Å². The summed E-state index contributed by atoms with van der Waals surface area (Å²) in [7, 11) is 1.61. The van der Waals surface area contributed by atoms with Crippen molar-refractivity contribution in [1.82, 2.24) is 14.5 Å². The minimum atomic E-state index is -0.267. The SMILES string of the molecule is CO[C@@H]1C[C@@H](CO)N(C(=O)Nc2cc3ccccn3n2)C1. The first-order valence-corrected chi connectivity index (χ1v) is 6.87. The number of anilines is 1. The lowest BCUT2D eigenvalue weighted by atomic mass is 10.2. The van der Waals surface area contributed by atoms with Gasteiger partial charge in [0.1, 0.15) is 0 Å². The number of nitrogens with one attached hydrogen (secondary N) is 1. The Labute approximate surface area is 122 Å². The number of pyridine rings is 1. The second-order valence-electron chi connectivity index (χ2n) is 5.11. The van der Waals surface area contributed by atoms with Crippen LogP contribution in [-0.2, 0) is 4.74 Å². The van der Waals surface area contributed by atoms with Gasteiger partial charge in [-0.1, -0.05) is 6.07 Å². The largest absolute Gasteiger partial charge is 0.394 e. The van der Waals surface area contributed by atoms with Crippen LogP contribution in [0.5, 0.6) is 0 Å². The van der Waals surface area contributed by atoms with Crippen LogP contribution in [-0.4, -0.2) is 58.1 Å². The Morgan fingerprint density at radius 1 is 1.57 bits per heavy atom. The maximum Gasteiger partial charge on any atom is 0.323 e. The van der Waals surface area contributed by atoms with Gasteiger partial charge in [-0.2, -0.15) is 0 Å². The lowest BCUT2D eigenvalue weighted by Gasteiger charge is -2.22. The van der Waals surface area contributed by atoms with E-state index in [9.17, 15) is 9.90 Å². The van der Waals surface area contributed by atoms with E-state index in [1.165, 1.54) is 0 Å². The Bertz CT molecular complexity index is 609. The zero-order valence-corrected chi connectivity index (χ0v) is 11.8. The summed E-state index contributed by atoms with van der Waals surface area (Å²) in [5.74, 6) is 0.490. The molecule has 7 nitrogen and oxygen atoms in total. The highest BCUT2D eigenvalue weighted by atomic mass is 16.5. The number of carbonyl (C=O) groups is 1. The van der Waals surface area contributed by atoms with Crippen molar-refractivity contribution in [1.29, 1.82) is 0 Å². The molecule has 2 atom stereocenters. The van der Waals surface area contributed by atoms with Crippen molar-refractivity contribution in [2.75, 3.05) is 25.6 Å². The molecule has 1 aliphatic rings. The van der Waals surface area contributed by atoms with Gasteiger partial charge in [-0.25, -0.2) is 9.31 Å². The average Bonchev–Trinajstić information content (AvgIpc) is 3.09. The van der Waals surface area contributed by atoms with Gasteiger partial charge in [0, 0.05) is 25.9 Å². The molecule has 2 amide bonds. The normalized spacial score (nSPS) is 21.9. The molecular formula is C14H18N4O3. The van der Waals surface area contributed by atoms with Crippen LogP contribution in [0.2, 0.25) is 0 Å². The third-order valence-corrected chi connectivity index (χ3v) is 3.79. The predicted octanol–water partition coefficient (Wildman–Crippen LogP) is 0.948. The number of aromatic nitrogens is 2. The number of amides is 2. The van der Waals surface area contributed by atoms with Gasteiger partial charge in [-0.3, -0.25) is 5.32 Å². The van der Waals surface area contributed by atoms with Gasteiger partial charge in [-0.15, -0.1) is 5.10 Å². The highest BCUT2D eigenvalue weighted by Crippen LogP contribution is 2.21. The van der Waals surface area contributed by atoms with Gasteiger partial charge in [-0.05, 0) is 18.6 Å². The molecule has 21 heavy (non-hydrogen) atoms. The van der Waals surface area contributed by atoms with E-state index in [0.29, 0.717) is 18.8 Å². The summed E-state index contributed by atoms with van der Waals surface area (Å²) < 4.78 is 6.96. The Morgan fingerprint density at radius 3 is 3.14 bits per heavy atom. The number of aliphatic hydroxyl groups is 1. The van der Waals surface area contributed by atoms with E-state index in [-0.39, 0.29) is 24.8 Å². The molecule has 0 aliphatic carbocycles. The second kappa shape index (κ2) is 5.71. The molecule has 0 radical (unpaired) electrons. The van der Waals surface area contributed by atoms with Crippen LogP contribution in [0.25, 0.3) is 5.52 Å². The summed E-state index contributed by atoms with van der Waals surface area (Å²) >= 11 is 0. The van der Waals surface area contributed by atoms with Crippen LogP contribution >= 0.6 is 0 Å². The highest BCUT2D eigenvalue weighted by molar-refractivity contribution is 5.89. The summed E-state index contributed by atoms with van der Waals surface area (Å²) in [5.41, 5.74) is 0.905. The number of likely N-dealkylation sites (tertiary alicyclic amines) is 1. The Balaban J connectivity index is 1.73. The number of methoxy groups -OCH3 is 1. The molecular weight excluding hydrogens is 272 g/mol. The van der Waals surface area contributed by atoms with Crippen LogP contribution < -0.4 is 5.32 Å². The van der Waals surface area contributed by atoms with Gasteiger partial charge in [0.05, 0.1) is 24.3 Å². The molecule has 2 aromatic rings. The highest BCUT2D eigenvalue weighted by Gasteiger charge is 2.35. The summed E-state index contributed by atoms with van der Waals surface area (Å²) in [6.07, 6.45) is 2.43. The number of hydrogen-bond donors (Lipinski definition) is 2. The summed E-state index contributed by atoms with van der Waals surface area (Å²) in [6, 6.07) is 7.01. The average molecular weight is 290 g/mol. The van der Waals surface area contributed by atoms with E-state index < -0.39 is 0 Å². The topological polar surface area (TPSA) is 79.1 Å². The first-order chi connectivity index (χ1) is 10.2. The fraction of sp³-hybridized carbons (Fsp3) is 0.429. The van der Waals surface area contributed by atoms with Crippen LogP contribution in [0.4, 0.5) is 10.6 Å². The minimum Gasteiger partial charge on any atom is -0.394 e. The molecule has 1 aliphatic heterocycles. The lowest BCUT2D eigenvalue weighted by Crippen LogP contribution is -2.40. The molecule has 0 spiro atoms. The third kappa shape index (κ3) is 2.70. The minimum absolute atomic E-state index is 0.0334. The van der Waals surface area contributed by atoms with E-state index in [0.717, 1.165) is 5.52 Å². The van der Waals surface area contributed by atoms with E-state index in [2.05, 4.69) is 10.4 Å². The van der Waals surface area contributed by atoms with Crippen molar-refractivity contribution in [3.05, 3.63) is 30.5 Å². The maximum absolute atomic E-state index is 12.3. The number of hydrogen-bond acceptors (Lipinski definition) is 4. The van der Waals surface area contributed by atoms with E-state index in [1.54, 1.807) is 22.6 Å². The fourth-order valence-corrected chi connectivity index (χ4v) is 2.65. The van der Waals surface area contributed by atoms with Gasteiger partial charge in [0.2, 0.25) is 0 Å². The molecule has 0 bridgehead atoms. The number of carbonyl (C=O) groups excluding carboxylic acids is 1. The zero-order chi connectivity index (χ0) is 14.8. The van der Waals surface area contributed by atoms with Crippen molar-refractivity contribution in [2.45, 2.75) is 18.6 Å². The van der Waals surface area contributed by atoms with Crippen molar-refractivity contribution in [2.24, 2.45) is 0 Å². The molecule has 3 heterocycles. The molecule has 0 aromatic carbocycles. The lowest BCUT2D eigenvalue weighted by molar-refractivity contribution is 0.111. The molecule has 2 aromatic heterocycles. The smallest absolute Gasteiger partial charge is 0.323 e. The van der Waals surface area contributed by atoms with Gasteiger partial charge in [0.15, 0.2) is 5.82 Å². The molecule has 0 unspecified atom stereocenters. The Kier molecular flexibility index (Phi) is 3.76. The maximum atomic E-state index is 12.3. The molecule has 1 fully saturated rings. The molecule has 7 heteroatoms. The zero-order valence-electron chi connectivity index (χ0n) is 11.8. The van der Waals surface area contributed by atoms with Crippen LogP contribution in [0.1, 0.15) is 6.42 Å². The number of aliphatic hydroxyl groups excluding tert-OH is 1. The van der Waals surface area contributed by atoms with Crippen molar-refractivity contribution in [3.8, 4) is 0 Å². The standard InChI is InChI=1S/C14H18N4O3/c1-21-12-6-11(9-19)17(8-12)14(20)15-13-7-10-4-2-3-5-18(10)16-13/h2-5,7,11-12,19H,6,8-9H2,1H3,(H,15,16,20)/t11-,12+/m0/s1. The Hall–Kier alpha value is -2.12. The monoisotopic (exact) mass is 290 g/mol. The van der Waals surface area contributed by atoms with Crippen LogP contribution in [0.3, 0.4) is 0 Å². The van der Waals surface area contributed by atoms with Gasteiger partial charge >= 0.3 is 6.03 Å². The third-order valence-electron chi connectivity index (χ3n) is 3.79. The van der Waals surface area contributed by atoms with E-state index in [1.807, 2.05) is 24.4 Å². The molecule has 1 saturated heterocycles. The number of ether oxygens (including phenoxy) is 1. The van der Waals surface area contributed by atoms with Gasteiger partial charge in [0.25, 0.3) is 0 Å². The summed E-state index contributed by atoms with van der Waals surface area (Å²) in [6.45, 7) is 0.402. The molecule has 112 valence electrons.